The van der Waals surface area contributed by atoms with Gasteiger partial charge in [-0.1, -0.05) is 0 Å². The molecule has 0 saturated carbocycles. The summed E-state index contributed by atoms with van der Waals surface area (Å²) in [7, 11) is 0. The summed E-state index contributed by atoms with van der Waals surface area (Å²) in [4.78, 5) is 0. The van der Waals surface area contributed by atoms with Crippen molar-refractivity contribution in [2.75, 3.05) is 0 Å². The first-order valence-electron chi connectivity index (χ1n) is 1.13. The third-order valence-electron chi connectivity index (χ3n) is 0. The molecule has 0 rings (SSSR count). The van der Waals surface area contributed by atoms with Crippen molar-refractivity contribution < 1.29 is 4.39 Å². The minimum Gasteiger partial charge on any atom is -0.302 e. The fourth-order valence-electron chi connectivity index (χ4n) is 0. The van der Waals surface area contributed by atoms with Gasteiger partial charge in [0.25, 0.3) is 0 Å². The van der Waals surface area contributed by atoms with E-state index in [9.17, 15) is 4.39 Å². The van der Waals surface area contributed by atoms with Gasteiger partial charge in [-0.3, -0.25) is 0 Å². The second-order valence-electron chi connectivity index (χ2n) is 0.678. The monoisotopic (exact) mass is 62.1 g/mol. The Bertz CT molecular complexity index is 10.8. The summed E-state index contributed by atoms with van der Waals surface area (Å²) in [6.45, 7) is 1.28. The molecular formula is C2H6FN. The van der Waals surface area contributed by atoms with Crippen molar-refractivity contribution >= 4 is 0 Å². The molecule has 0 spiro atoms. The summed E-state index contributed by atoms with van der Waals surface area (Å²) >= 11 is 0. The SMILES string of the molecule is CC(N)[18F]. The molecule has 0 aromatic heterocycles. The van der Waals surface area contributed by atoms with Crippen LogP contribution in [0.4, 0.5) is 4.39 Å². The minimum absolute atomic E-state index is 1.17. The van der Waals surface area contributed by atoms with E-state index < -0.39 is 6.30 Å². The smallest absolute Gasteiger partial charge is 0.145 e. The van der Waals surface area contributed by atoms with Gasteiger partial charge in [0, 0.05) is 0 Å². The Morgan fingerprint density at radius 3 is 2.00 bits per heavy atom. The van der Waals surface area contributed by atoms with E-state index in [2.05, 4.69) is 5.73 Å². The molecule has 0 amide bonds. The lowest BCUT2D eigenvalue weighted by Crippen LogP contribution is -2.04. The summed E-state index contributed by atoms with van der Waals surface area (Å²) in [5.74, 6) is 0. The highest BCUT2D eigenvalue weighted by molar-refractivity contribution is 4.18. The van der Waals surface area contributed by atoms with E-state index in [1.54, 1.807) is 0 Å². The Morgan fingerprint density at radius 2 is 2.00 bits per heavy atom. The molecule has 0 aliphatic heterocycles. The maximum absolute atomic E-state index is 10.8. The largest absolute Gasteiger partial charge is 0.302 e. The van der Waals surface area contributed by atoms with Crippen LogP contribution in [-0.2, 0) is 0 Å². The van der Waals surface area contributed by atoms with Crippen molar-refractivity contribution in [1.29, 1.82) is 0 Å². The topological polar surface area (TPSA) is 26.0 Å². The number of alkyl halides is 1. The van der Waals surface area contributed by atoms with Crippen LogP contribution in [0.5, 0.6) is 0 Å². The summed E-state index contributed by atoms with van der Waals surface area (Å²) in [5, 5.41) is 0. The summed E-state index contributed by atoms with van der Waals surface area (Å²) in [5.41, 5.74) is 4.44. The fraction of sp³-hybridized carbons (Fsp3) is 1.00. The number of nitrogens with two attached hydrogens (primary N) is 1. The Balaban J connectivity index is 2.32. The normalized spacial score (nSPS) is 15.8. The molecule has 2 N–H and O–H groups in total. The van der Waals surface area contributed by atoms with Crippen LogP contribution in [0.25, 0.3) is 0 Å². The van der Waals surface area contributed by atoms with Gasteiger partial charge in [0.15, 0.2) is 0 Å². The lowest BCUT2D eigenvalue weighted by Gasteiger charge is -1.76. The molecule has 0 radical (unpaired) electrons. The van der Waals surface area contributed by atoms with E-state index in [4.69, 9.17) is 0 Å². The molecule has 4 heavy (non-hydrogen) atoms. The zero-order valence-electron chi connectivity index (χ0n) is 2.53. The van der Waals surface area contributed by atoms with Crippen LogP contribution in [0.1, 0.15) is 6.92 Å². The van der Waals surface area contributed by atoms with E-state index in [1.165, 1.54) is 6.92 Å². The molecule has 0 aromatic carbocycles. The van der Waals surface area contributed by atoms with E-state index in [-0.39, 0.29) is 0 Å². The Kier molecular flexibility index (Phi) is 1.20. The van der Waals surface area contributed by atoms with E-state index in [0.717, 1.165) is 0 Å². The summed E-state index contributed by atoms with van der Waals surface area (Å²) < 4.78 is 10.8. The van der Waals surface area contributed by atoms with Gasteiger partial charge in [0.05, 0.1) is 0 Å². The van der Waals surface area contributed by atoms with Crippen LogP contribution >= 0.6 is 0 Å². The lowest BCUT2D eigenvalue weighted by atomic mass is 10.8. The maximum Gasteiger partial charge on any atom is 0.145 e. The van der Waals surface area contributed by atoms with Crippen LogP contribution in [0, 0.1) is 0 Å². The quantitative estimate of drug-likeness (QED) is 0.400. The number of hydrogen-bond donors (Lipinski definition) is 1. The van der Waals surface area contributed by atoms with Crippen molar-refractivity contribution in [1.82, 2.24) is 0 Å². The van der Waals surface area contributed by atoms with Gasteiger partial charge in [-0.05, 0) is 6.92 Å². The Labute approximate surface area is 24.6 Å². The zero-order valence-corrected chi connectivity index (χ0v) is 2.53. The van der Waals surface area contributed by atoms with Gasteiger partial charge in [0.1, 0.15) is 6.30 Å². The molecule has 1 atom stereocenters. The molecule has 26 valence electrons. The van der Waals surface area contributed by atoms with E-state index in [1.807, 2.05) is 0 Å². The van der Waals surface area contributed by atoms with Gasteiger partial charge in [0.2, 0.25) is 0 Å². The molecule has 0 fully saturated rings. The predicted octanol–water partition coefficient (Wildman–Crippen LogP) is 0.261. The van der Waals surface area contributed by atoms with Crippen LogP contribution < -0.4 is 5.73 Å². The highest BCUT2D eigenvalue weighted by atomic mass is 18.2. The van der Waals surface area contributed by atoms with E-state index >= 15 is 0 Å². The first-order valence-corrected chi connectivity index (χ1v) is 1.13. The highest BCUT2D eigenvalue weighted by Gasteiger charge is 1.72. The van der Waals surface area contributed by atoms with Gasteiger partial charge in [-0.25, -0.2) is 4.39 Å². The molecular weight excluding hydrogens is 56.0 g/mol. The average molecular weight is 62.1 g/mol. The van der Waals surface area contributed by atoms with Gasteiger partial charge >= 0.3 is 0 Å². The molecule has 0 saturated heterocycles. The summed E-state index contributed by atoms with van der Waals surface area (Å²) in [6, 6.07) is 0. The third kappa shape index (κ3) is 124. The molecule has 0 aliphatic carbocycles. The van der Waals surface area contributed by atoms with Crippen molar-refractivity contribution in [2.45, 2.75) is 13.2 Å². The highest BCUT2D eigenvalue weighted by Crippen LogP contribution is 1.65. The summed E-state index contributed by atoms with van der Waals surface area (Å²) in [6.07, 6.45) is -1.17. The van der Waals surface area contributed by atoms with E-state index in [0.29, 0.717) is 0 Å². The van der Waals surface area contributed by atoms with Crippen molar-refractivity contribution in [2.24, 2.45) is 5.73 Å². The molecule has 1 nitrogen and oxygen atoms in total. The van der Waals surface area contributed by atoms with Crippen LogP contribution in [0.3, 0.4) is 0 Å². The first-order chi connectivity index (χ1) is 1.73. The van der Waals surface area contributed by atoms with Gasteiger partial charge < -0.3 is 5.73 Å². The molecule has 1 unspecified atom stereocenters. The van der Waals surface area contributed by atoms with Crippen molar-refractivity contribution in [3.05, 3.63) is 0 Å². The van der Waals surface area contributed by atoms with Gasteiger partial charge in [-0.15, -0.1) is 0 Å². The average Bonchev–Trinajstić information content (AvgIpc) is 0.811. The number of hydrogen-bond acceptors (Lipinski definition) is 1. The lowest BCUT2D eigenvalue weighted by molar-refractivity contribution is 0.374. The Morgan fingerprint density at radius 1 is 2.00 bits per heavy atom. The third-order valence-corrected chi connectivity index (χ3v) is 0. The fourth-order valence-corrected chi connectivity index (χ4v) is 0. The second-order valence-corrected chi connectivity index (χ2v) is 0.678. The molecule has 0 aromatic rings. The molecule has 0 bridgehead atoms. The number of halogens is 1. The van der Waals surface area contributed by atoms with Crippen LogP contribution in [0.2, 0.25) is 0 Å². The first kappa shape index (κ1) is 3.89. The van der Waals surface area contributed by atoms with Crippen molar-refractivity contribution in [3.8, 4) is 0 Å². The molecule has 0 heterocycles. The number of rotatable bonds is 0. The van der Waals surface area contributed by atoms with Crippen LogP contribution in [0.15, 0.2) is 0 Å². The standard InChI is InChI=1S/C2H6FN/c1-2(3)4/h2H,4H2,1H3/i3-1. The molecule has 2 heteroatoms. The van der Waals surface area contributed by atoms with Crippen molar-refractivity contribution in [3.63, 3.8) is 0 Å². The Hall–Kier alpha value is -0.110. The maximum atomic E-state index is 10.8. The molecule has 0 aliphatic rings. The minimum atomic E-state index is -1.17. The second kappa shape index (κ2) is 1.24. The zero-order chi connectivity index (χ0) is 3.58. The predicted molar refractivity (Wildman–Crippen MR) is 14.8 cm³/mol. The van der Waals surface area contributed by atoms with Gasteiger partial charge in [-0.2, -0.15) is 0 Å². The van der Waals surface area contributed by atoms with Crippen LogP contribution in [-0.4, -0.2) is 6.30 Å².